The summed E-state index contributed by atoms with van der Waals surface area (Å²) < 4.78 is 1.90. The van der Waals surface area contributed by atoms with Crippen molar-refractivity contribution in [1.29, 1.82) is 0 Å². The number of hydrogen-bond acceptors (Lipinski definition) is 2. The molecular formula is C10H13NO2. The van der Waals surface area contributed by atoms with Gasteiger partial charge in [0, 0.05) is 30.9 Å². The van der Waals surface area contributed by atoms with Gasteiger partial charge in [0.15, 0.2) is 5.78 Å². The molecule has 13 heavy (non-hydrogen) atoms. The zero-order valence-corrected chi connectivity index (χ0v) is 8.34. The van der Waals surface area contributed by atoms with Crippen LogP contribution in [-0.4, -0.2) is 16.1 Å². The fourth-order valence-electron chi connectivity index (χ4n) is 1.27. The van der Waals surface area contributed by atoms with Crippen LogP contribution < -0.4 is 0 Å². The summed E-state index contributed by atoms with van der Waals surface area (Å²) in [5, 5.41) is 0. The van der Waals surface area contributed by atoms with Crippen LogP contribution in [0.2, 0.25) is 0 Å². The molecule has 0 saturated carbocycles. The monoisotopic (exact) mass is 179 g/mol. The van der Waals surface area contributed by atoms with E-state index in [0.29, 0.717) is 5.56 Å². The topological polar surface area (TPSA) is 39.1 Å². The number of aromatic nitrogens is 1. The first-order valence-corrected chi connectivity index (χ1v) is 4.13. The molecule has 0 aliphatic carbocycles. The Morgan fingerprint density at radius 3 is 2.15 bits per heavy atom. The van der Waals surface area contributed by atoms with E-state index in [9.17, 15) is 9.59 Å². The lowest BCUT2D eigenvalue weighted by Crippen LogP contribution is -2.10. The van der Waals surface area contributed by atoms with Crippen molar-refractivity contribution in [2.45, 2.75) is 20.8 Å². The Balaban J connectivity index is 3.24. The van der Waals surface area contributed by atoms with Crippen LogP contribution in [0.5, 0.6) is 0 Å². The molecule has 0 N–H and O–H groups in total. The molecule has 0 unspecified atom stereocenters. The van der Waals surface area contributed by atoms with E-state index in [0.717, 1.165) is 11.4 Å². The quantitative estimate of drug-likeness (QED) is 0.508. The first-order chi connectivity index (χ1) is 5.95. The van der Waals surface area contributed by atoms with Crippen LogP contribution in [-0.2, 0) is 11.8 Å². The number of hydrogen-bond donors (Lipinski definition) is 0. The lowest BCUT2D eigenvalue weighted by molar-refractivity contribution is -0.113. The van der Waals surface area contributed by atoms with E-state index in [2.05, 4.69) is 0 Å². The van der Waals surface area contributed by atoms with E-state index in [1.54, 1.807) is 6.07 Å². The largest absolute Gasteiger partial charge is 0.351 e. The van der Waals surface area contributed by atoms with E-state index in [1.165, 1.54) is 6.92 Å². The van der Waals surface area contributed by atoms with E-state index < -0.39 is 11.6 Å². The van der Waals surface area contributed by atoms with E-state index in [-0.39, 0.29) is 0 Å². The van der Waals surface area contributed by atoms with Crippen LogP contribution in [0.4, 0.5) is 0 Å². The van der Waals surface area contributed by atoms with Crippen molar-refractivity contribution >= 4 is 11.6 Å². The fourth-order valence-corrected chi connectivity index (χ4v) is 1.27. The highest BCUT2D eigenvalue weighted by atomic mass is 16.2. The molecule has 0 bridgehead atoms. The third-order valence-corrected chi connectivity index (χ3v) is 2.34. The first kappa shape index (κ1) is 9.71. The molecular weight excluding hydrogens is 166 g/mol. The SMILES string of the molecule is CC(=O)C(=O)c1cc(C)n(C)c1C. The van der Waals surface area contributed by atoms with Gasteiger partial charge in [-0.1, -0.05) is 0 Å². The molecule has 1 rings (SSSR count). The standard InChI is InChI=1S/C10H13NO2/c1-6-5-9(7(2)11(6)4)10(13)8(3)12/h5H,1-4H3. The second-order valence-corrected chi connectivity index (χ2v) is 3.23. The summed E-state index contributed by atoms with van der Waals surface area (Å²) in [6.07, 6.45) is 0. The molecule has 0 amide bonds. The zero-order valence-electron chi connectivity index (χ0n) is 8.34. The van der Waals surface area contributed by atoms with E-state index in [4.69, 9.17) is 0 Å². The number of nitrogens with zero attached hydrogens (tertiary/aromatic N) is 1. The number of carbonyl (C=O) groups excluding carboxylic acids is 2. The fraction of sp³-hybridized carbons (Fsp3) is 0.400. The minimum absolute atomic E-state index is 0.402. The third-order valence-electron chi connectivity index (χ3n) is 2.34. The Morgan fingerprint density at radius 2 is 1.85 bits per heavy atom. The van der Waals surface area contributed by atoms with Crippen molar-refractivity contribution < 1.29 is 9.59 Å². The molecule has 0 aliphatic heterocycles. The van der Waals surface area contributed by atoms with Crippen molar-refractivity contribution in [1.82, 2.24) is 4.57 Å². The minimum atomic E-state index is -0.409. The Bertz CT molecular complexity index is 375. The van der Waals surface area contributed by atoms with Gasteiger partial charge in [0.2, 0.25) is 5.78 Å². The Labute approximate surface area is 77.4 Å². The van der Waals surface area contributed by atoms with Gasteiger partial charge in [0.25, 0.3) is 0 Å². The number of carbonyl (C=O) groups is 2. The summed E-state index contributed by atoms with van der Waals surface area (Å²) >= 11 is 0. The van der Waals surface area contributed by atoms with Crippen LogP contribution in [0.1, 0.15) is 28.7 Å². The van der Waals surface area contributed by atoms with Gasteiger partial charge in [-0.05, 0) is 19.9 Å². The minimum Gasteiger partial charge on any atom is -0.351 e. The van der Waals surface area contributed by atoms with Gasteiger partial charge in [-0.3, -0.25) is 9.59 Å². The molecule has 0 spiro atoms. The van der Waals surface area contributed by atoms with Gasteiger partial charge >= 0.3 is 0 Å². The molecule has 0 fully saturated rings. The van der Waals surface area contributed by atoms with Crippen LogP contribution >= 0.6 is 0 Å². The third kappa shape index (κ3) is 1.54. The van der Waals surface area contributed by atoms with Crippen molar-refractivity contribution in [3.05, 3.63) is 23.0 Å². The van der Waals surface area contributed by atoms with Crippen LogP contribution in [0, 0.1) is 13.8 Å². The summed E-state index contributed by atoms with van der Waals surface area (Å²) in [7, 11) is 1.88. The molecule has 3 nitrogen and oxygen atoms in total. The molecule has 0 aliphatic rings. The molecule has 1 aromatic rings. The van der Waals surface area contributed by atoms with Gasteiger partial charge in [-0.25, -0.2) is 0 Å². The van der Waals surface area contributed by atoms with Crippen molar-refractivity contribution in [3.8, 4) is 0 Å². The highest BCUT2D eigenvalue weighted by Gasteiger charge is 2.17. The molecule has 1 aromatic heterocycles. The molecule has 0 aromatic carbocycles. The Hall–Kier alpha value is -1.38. The summed E-state index contributed by atoms with van der Waals surface area (Å²) in [5.41, 5.74) is 2.35. The maximum absolute atomic E-state index is 11.4. The van der Waals surface area contributed by atoms with Gasteiger partial charge in [0.1, 0.15) is 0 Å². The highest BCUT2D eigenvalue weighted by molar-refractivity contribution is 6.43. The molecule has 3 heteroatoms. The molecule has 0 radical (unpaired) electrons. The molecule has 70 valence electrons. The van der Waals surface area contributed by atoms with Gasteiger partial charge < -0.3 is 4.57 Å². The zero-order chi connectivity index (χ0) is 10.2. The second-order valence-electron chi connectivity index (χ2n) is 3.23. The smallest absolute Gasteiger partial charge is 0.230 e. The predicted octanol–water partition coefficient (Wildman–Crippen LogP) is 1.41. The van der Waals surface area contributed by atoms with E-state index in [1.807, 2.05) is 25.5 Å². The summed E-state index contributed by atoms with van der Waals surface area (Å²) in [6, 6.07) is 1.75. The Kier molecular flexibility index (Phi) is 2.36. The van der Waals surface area contributed by atoms with Crippen LogP contribution in [0.25, 0.3) is 0 Å². The normalized spacial score (nSPS) is 10.2. The first-order valence-electron chi connectivity index (χ1n) is 4.13. The number of aryl methyl sites for hydroxylation is 1. The summed E-state index contributed by atoms with van der Waals surface area (Å²) in [5.74, 6) is -0.810. The van der Waals surface area contributed by atoms with Crippen molar-refractivity contribution in [2.24, 2.45) is 7.05 Å². The van der Waals surface area contributed by atoms with Crippen LogP contribution in [0.3, 0.4) is 0 Å². The van der Waals surface area contributed by atoms with Gasteiger partial charge in [-0.2, -0.15) is 0 Å². The molecule has 0 saturated heterocycles. The predicted molar refractivity (Wildman–Crippen MR) is 49.9 cm³/mol. The maximum atomic E-state index is 11.4. The number of ketones is 2. The van der Waals surface area contributed by atoms with Gasteiger partial charge in [-0.15, -0.1) is 0 Å². The molecule has 0 atom stereocenters. The van der Waals surface area contributed by atoms with Crippen LogP contribution in [0.15, 0.2) is 6.07 Å². The van der Waals surface area contributed by atoms with E-state index >= 15 is 0 Å². The number of rotatable bonds is 2. The average molecular weight is 179 g/mol. The summed E-state index contributed by atoms with van der Waals surface area (Å²) in [4.78, 5) is 22.2. The van der Waals surface area contributed by atoms with Crippen molar-refractivity contribution in [3.63, 3.8) is 0 Å². The van der Waals surface area contributed by atoms with Gasteiger partial charge in [0.05, 0.1) is 0 Å². The Morgan fingerprint density at radius 1 is 1.31 bits per heavy atom. The second kappa shape index (κ2) is 3.17. The lowest BCUT2D eigenvalue weighted by Gasteiger charge is -1.99. The molecule has 1 heterocycles. The lowest BCUT2D eigenvalue weighted by atomic mass is 10.1. The maximum Gasteiger partial charge on any atom is 0.230 e. The average Bonchev–Trinajstić information content (AvgIpc) is 2.31. The number of Topliss-reactive ketones (excluding diaryl/α,β-unsaturated/α-hetero) is 2. The van der Waals surface area contributed by atoms with Crippen molar-refractivity contribution in [2.75, 3.05) is 0 Å². The summed E-state index contributed by atoms with van der Waals surface area (Å²) in [6.45, 7) is 5.04. The highest BCUT2D eigenvalue weighted by Crippen LogP contribution is 2.13.